The van der Waals surface area contributed by atoms with Gasteiger partial charge >= 0.3 is 0 Å². The summed E-state index contributed by atoms with van der Waals surface area (Å²) in [5.74, 6) is 1.43. The van der Waals surface area contributed by atoms with Crippen molar-refractivity contribution in [1.82, 2.24) is 19.1 Å². The summed E-state index contributed by atoms with van der Waals surface area (Å²) in [7, 11) is 4.36. The zero-order valence-electron chi connectivity index (χ0n) is 18.8. The average molecular weight is 463 g/mol. The zero-order chi connectivity index (χ0) is 21.8. The van der Waals surface area contributed by atoms with E-state index in [1.165, 1.54) is 55.0 Å². The Kier molecular flexibility index (Phi) is 7.86. The molecular formula is C24H35ClN4OS. The van der Waals surface area contributed by atoms with Gasteiger partial charge in [-0.3, -0.25) is 9.52 Å². The number of fused-ring (bicyclic) bond motifs is 1. The first-order chi connectivity index (χ1) is 15.0. The second kappa shape index (κ2) is 10.6. The largest absolute Gasteiger partial charge is 0.330 e. The highest BCUT2D eigenvalue weighted by atomic mass is 35.5. The van der Waals surface area contributed by atoms with Crippen LogP contribution in [0.5, 0.6) is 0 Å². The highest BCUT2D eigenvalue weighted by Gasteiger charge is 2.25. The predicted octanol–water partition coefficient (Wildman–Crippen LogP) is 4.99. The van der Waals surface area contributed by atoms with Crippen LogP contribution in [0.4, 0.5) is 0 Å². The van der Waals surface area contributed by atoms with Crippen molar-refractivity contribution >= 4 is 40.4 Å². The van der Waals surface area contributed by atoms with Gasteiger partial charge in [0.15, 0.2) is 0 Å². The lowest BCUT2D eigenvalue weighted by molar-refractivity contribution is 0.0984. The monoisotopic (exact) mass is 462 g/mol. The third kappa shape index (κ3) is 5.41. The molecule has 0 atom stereocenters. The number of rotatable bonds is 1. The quantitative estimate of drug-likeness (QED) is 0.606. The minimum Gasteiger partial charge on any atom is -0.330 e. The van der Waals surface area contributed by atoms with Crippen molar-refractivity contribution in [2.24, 2.45) is 0 Å². The van der Waals surface area contributed by atoms with Gasteiger partial charge in [0.1, 0.15) is 5.15 Å². The van der Waals surface area contributed by atoms with Crippen LogP contribution >= 0.6 is 23.5 Å². The van der Waals surface area contributed by atoms with Gasteiger partial charge in [-0.2, -0.15) is 0 Å². The van der Waals surface area contributed by atoms with Crippen molar-refractivity contribution in [3.63, 3.8) is 0 Å². The molecule has 170 valence electrons. The van der Waals surface area contributed by atoms with E-state index < -0.39 is 0 Å². The fourth-order valence-electron chi connectivity index (χ4n) is 4.90. The summed E-state index contributed by atoms with van der Waals surface area (Å²) in [4.78, 5) is 17.5. The van der Waals surface area contributed by atoms with E-state index in [0.29, 0.717) is 11.5 Å². The summed E-state index contributed by atoms with van der Waals surface area (Å²) < 4.78 is 5.27. The molecule has 1 aromatic carbocycles. The molecule has 2 heterocycles. The number of aromatic nitrogens is 1. The highest BCUT2D eigenvalue weighted by Crippen LogP contribution is 2.42. The van der Waals surface area contributed by atoms with E-state index in [2.05, 4.69) is 39.3 Å². The van der Waals surface area contributed by atoms with Gasteiger partial charge in [-0.15, -0.1) is 0 Å². The van der Waals surface area contributed by atoms with E-state index in [4.69, 9.17) is 11.6 Å². The number of carbonyl (C=O) groups is 1. The lowest BCUT2D eigenvalue weighted by Gasteiger charge is -2.23. The van der Waals surface area contributed by atoms with E-state index in [1.54, 1.807) is 0 Å². The summed E-state index contributed by atoms with van der Waals surface area (Å²) in [5.41, 5.74) is 3.11. The fraction of sp³-hybridized carbons (Fsp3) is 0.625. The van der Waals surface area contributed by atoms with Crippen molar-refractivity contribution in [2.75, 3.05) is 46.0 Å². The van der Waals surface area contributed by atoms with Crippen molar-refractivity contribution in [3.05, 3.63) is 34.5 Å². The number of likely N-dealkylation sites (N-methyl/N-ethyl adjacent to an activating group) is 2. The van der Waals surface area contributed by atoms with E-state index in [0.717, 1.165) is 55.6 Å². The molecule has 1 aliphatic heterocycles. The zero-order valence-corrected chi connectivity index (χ0v) is 20.4. The SMILES string of the molecule is CN1CCCSNC(=O)c2ccc3c(C4CCCCC4)c(Cl)n(c3c2)CCN(C)CC1. The normalized spacial score (nSPS) is 21.6. The molecule has 0 radical (unpaired) electrons. The topological polar surface area (TPSA) is 40.5 Å². The molecule has 0 unspecified atom stereocenters. The van der Waals surface area contributed by atoms with Gasteiger partial charge in [-0.1, -0.05) is 48.9 Å². The van der Waals surface area contributed by atoms with Crippen LogP contribution in [0, 0.1) is 0 Å². The van der Waals surface area contributed by atoms with Crippen LogP contribution in [0.2, 0.25) is 5.15 Å². The number of hydrogen-bond donors (Lipinski definition) is 1. The number of hydrogen-bond acceptors (Lipinski definition) is 4. The van der Waals surface area contributed by atoms with Crippen LogP contribution in [0.3, 0.4) is 0 Å². The molecular weight excluding hydrogens is 428 g/mol. The summed E-state index contributed by atoms with van der Waals surface area (Å²) in [5, 5.41) is 2.10. The predicted molar refractivity (Wildman–Crippen MR) is 132 cm³/mol. The Morgan fingerprint density at radius 3 is 2.45 bits per heavy atom. The molecule has 2 aromatic rings. The Morgan fingerprint density at radius 1 is 0.968 bits per heavy atom. The van der Waals surface area contributed by atoms with Gasteiger partial charge in [-0.05, 0) is 58.0 Å². The lowest BCUT2D eigenvalue weighted by atomic mass is 9.84. The molecule has 4 rings (SSSR count). The maximum absolute atomic E-state index is 12.8. The molecule has 31 heavy (non-hydrogen) atoms. The van der Waals surface area contributed by atoms with Gasteiger partial charge in [0.05, 0.1) is 5.52 Å². The van der Waals surface area contributed by atoms with Gasteiger partial charge in [-0.25, -0.2) is 0 Å². The molecule has 1 aliphatic carbocycles. The summed E-state index contributed by atoms with van der Waals surface area (Å²) in [6.07, 6.45) is 7.37. The molecule has 2 aliphatic rings. The van der Waals surface area contributed by atoms with Crippen LogP contribution in [0.1, 0.15) is 60.4 Å². The molecule has 0 spiro atoms. The molecule has 1 amide bonds. The smallest absolute Gasteiger partial charge is 0.261 e. The molecule has 1 N–H and O–H groups in total. The number of halogens is 1. The van der Waals surface area contributed by atoms with E-state index >= 15 is 0 Å². The molecule has 5 nitrogen and oxygen atoms in total. The van der Waals surface area contributed by atoms with Gasteiger partial charge < -0.3 is 14.4 Å². The number of benzene rings is 1. The van der Waals surface area contributed by atoms with E-state index in [9.17, 15) is 4.79 Å². The van der Waals surface area contributed by atoms with Gasteiger partial charge in [0.25, 0.3) is 5.91 Å². The van der Waals surface area contributed by atoms with E-state index in [1.807, 2.05) is 12.1 Å². The standard InChI is InChI=1S/C24H35ClN4OS/c1-27-11-6-16-31-26-24(30)19-9-10-20-21(17-19)29(15-14-28(2)13-12-27)23(25)22(20)18-7-4-3-5-8-18/h9-10,17-18H,3-8,11-16H2,1-2H3,(H,26,30). The lowest BCUT2D eigenvalue weighted by Crippen LogP contribution is -2.33. The van der Waals surface area contributed by atoms with Crippen LogP contribution < -0.4 is 4.72 Å². The Labute approximate surface area is 195 Å². The number of nitrogens with one attached hydrogen (secondary N) is 1. The minimum absolute atomic E-state index is 0.0208. The molecule has 7 heteroatoms. The maximum Gasteiger partial charge on any atom is 0.261 e. The summed E-state index contributed by atoms with van der Waals surface area (Å²) in [6.45, 7) is 4.90. The fourth-order valence-corrected chi connectivity index (χ4v) is 5.96. The summed E-state index contributed by atoms with van der Waals surface area (Å²) in [6, 6.07) is 6.14. The second-order valence-corrected chi connectivity index (χ2v) is 10.4. The third-order valence-electron chi connectivity index (χ3n) is 6.83. The molecule has 1 aromatic heterocycles. The Hall–Kier alpha value is -1.21. The first kappa shape index (κ1) is 23.0. The average Bonchev–Trinajstić information content (AvgIpc) is 3.06. The summed E-state index contributed by atoms with van der Waals surface area (Å²) >= 11 is 8.56. The number of amides is 1. The van der Waals surface area contributed by atoms with Crippen LogP contribution in [0.15, 0.2) is 18.2 Å². The first-order valence-electron chi connectivity index (χ1n) is 11.7. The first-order valence-corrected chi connectivity index (χ1v) is 13.0. The molecule has 1 saturated carbocycles. The Bertz CT molecular complexity index is 909. The number of nitrogens with zero attached hydrogens (tertiary/aromatic N) is 3. The maximum atomic E-state index is 12.8. The van der Waals surface area contributed by atoms with Gasteiger partial charge in [0.2, 0.25) is 0 Å². The van der Waals surface area contributed by atoms with Crippen molar-refractivity contribution < 1.29 is 4.79 Å². The molecule has 1 fully saturated rings. The molecule has 2 bridgehead atoms. The van der Waals surface area contributed by atoms with Crippen LogP contribution in [0.25, 0.3) is 10.9 Å². The van der Waals surface area contributed by atoms with Gasteiger partial charge in [0, 0.05) is 48.4 Å². The molecule has 0 saturated heterocycles. The Balaban J connectivity index is 1.70. The second-order valence-electron chi connectivity index (χ2n) is 9.16. The van der Waals surface area contributed by atoms with E-state index in [-0.39, 0.29) is 5.91 Å². The third-order valence-corrected chi connectivity index (χ3v) is 8.06. The minimum atomic E-state index is -0.0208. The highest BCUT2D eigenvalue weighted by molar-refractivity contribution is 7.97. The van der Waals surface area contributed by atoms with Crippen molar-refractivity contribution in [1.29, 1.82) is 0 Å². The van der Waals surface area contributed by atoms with Crippen molar-refractivity contribution in [3.8, 4) is 0 Å². The van der Waals surface area contributed by atoms with Crippen molar-refractivity contribution in [2.45, 2.75) is 51.0 Å². The number of carbonyl (C=O) groups excluding carboxylic acids is 1. The van der Waals surface area contributed by atoms with Crippen LogP contribution in [-0.2, 0) is 6.54 Å². The Morgan fingerprint density at radius 2 is 1.68 bits per heavy atom. The van der Waals surface area contributed by atoms with Crippen LogP contribution in [-0.4, -0.2) is 66.3 Å².